The van der Waals surface area contributed by atoms with Crippen molar-refractivity contribution in [2.75, 3.05) is 20.1 Å². The number of likely N-dealkylation sites (tertiary alicyclic amines) is 1. The van der Waals surface area contributed by atoms with Gasteiger partial charge in [-0.3, -0.25) is 4.79 Å². The zero-order valence-corrected chi connectivity index (χ0v) is 12.1. The maximum Gasteiger partial charge on any atom is 0.352 e. The first-order valence-corrected chi connectivity index (χ1v) is 6.82. The molecule has 1 fully saturated rings. The molecule has 1 aliphatic heterocycles. The number of aromatic nitrogens is 1. The van der Waals surface area contributed by atoms with Gasteiger partial charge in [-0.25, -0.2) is 4.79 Å². The number of likely N-dealkylation sites (N-methyl/N-ethyl adjacent to an activating group) is 1. The summed E-state index contributed by atoms with van der Waals surface area (Å²) in [5.41, 5.74) is 1.62. The van der Waals surface area contributed by atoms with Gasteiger partial charge in [0.2, 0.25) is 0 Å². The number of aromatic amines is 1. The number of carboxylic acids is 1. The highest BCUT2D eigenvalue weighted by molar-refractivity contribution is 6.00. The average molecular weight is 279 g/mol. The Morgan fingerprint density at radius 2 is 2.15 bits per heavy atom. The molecule has 1 unspecified atom stereocenters. The fourth-order valence-corrected chi connectivity index (χ4v) is 2.84. The number of rotatable bonds is 4. The van der Waals surface area contributed by atoms with Crippen LogP contribution in [0, 0.1) is 13.8 Å². The van der Waals surface area contributed by atoms with E-state index in [1.54, 1.807) is 13.8 Å². The fraction of sp³-hybridized carbons (Fsp3) is 0.571. The lowest BCUT2D eigenvalue weighted by Gasteiger charge is -2.19. The third-order valence-electron chi connectivity index (χ3n) is 4.05. The Hall–Kier alpha value is -1.82. The molecular formula is C14H21N3O3. The number of carbonyl (C=O) groups excluding carboxylic acids is 1. The molecule has 20 heavy (non-hydrogen) atoms. The van der Waals surface area contributed by atoms with Crippen molar-refractivity contribution in [1.29, 1.82) is 0 Å². The number of hydrogen-bond donors (Lipinski definition) is 3. The summed E-state index contributed by atoms with van der Waals surface area (Å²) in [4.78, 5) is 28.3. The summed E-state index contributed by atoms with van der Waals surface area (Å²) >= 11 is 0. The molecule has 2 heterocycles. The second-order valence-electron chi connectivity index (χ2n) is 5.42. The number of nitrogens with zero attached hydrogens (tertiary/aromatic N) is 1. The second kappa shape index (κ2) is 5.66. The minimum atomic E-state index is -1.04. The van der Waals surface area contributed by atoms with Crippen molar-refractivity contribution in [3.8, 4) is 0 Å². The van der Waals surface area contributed by atoms with Gasteiger partial charge in [0.05, 0.1) is 5.56 Å². The highest BCUT2D eigenvalue weighted by Crippen LogP contribution is 2.18. The Kier molecular flexibility index (Phi) is 4.13. The van der Waals surface area contributed by atoms with E-state index in [1.807, 2.05) is 0 Å². The van der Waals surface area contributed by atoms with Crippen LogP contribution < -0.4 is 5.32 Å². The Morgan fingerprint density at radius 1 is 1.45 bits per heavy atom. The van der Waals surface area contributed by atoms with Gasteiger partial charge in [-0.2, -0.15) is 0 Å². The molecule has 110 valence electrons. The van der Waals surface area contributed by atoms with Gasteiger partial charge in [0.1, 0.15) is 5.69 Å². The van der Waals surface area contributed by atoms with E-state index in [2.05, 4.69) is 22.2 Å². The lowest BCUT2D eigenvalue weighted by Crippen LogP contribution is -2.38. The molecule has 0 radical (unpaired) electrons. The Balaban J connectivity index is 2.07. The third kappa shape index (κ3) is 2.70. The van der Waals surface area contributed by atoms with Gasteiger partial charge in [-0.1, -0.05) is 0 Å². The summed E-state index contributed by atoms with van der Waals surface area (Å²) < 4.78 is 0. The maximum atomic E-state index is 12.2. The predicted molar refractivity (Wildman–Crippen MR) is 75.2 cm³/mol. The number of nitrogens with one attached hydrogen (secondary N) is 2. The van der Waals surface area contributed by atoms with Crippen molar-refractivity contribution in [3.05, 3.63) is 22.5 Å². The van der Waals surface area contributed by atoms with Crippen LogP contribution in [0.3, 0.4) is 0 Å². The van der Waals surface area contributed by atoms with Crippen LogP contribution in [-0.4, -0.2) is 53.0 Å². The Bertz CT molecular complexity index is 536. The molecular weight excluding hydrogens is 258 g/mol. The SMILES string of the molecule is Cc1[nH]c(C(=O)O)c(C)c1C(=O)NCC1CCCN1C. The van der Waals surface area contributed by atoms with E-state index < -0.39 is 5.97 Å². The van der Waals surface area contributed by atoms with Gasteiger partial charge in [-0.15, -0.1) is 0 Å². The summed E-state index contributed by atoms with van der Waals surface area (Å²) in [7, 11) is 2.05. The largest absolute Gasteiger partial charge is 0.477 e. The van der Waals surface area contributed by atoms with E-state index in [-0.39, 0.29) is 11.6 Å². The smallest absolute Gasteiger partial charge is 0.352 e. The molecule has 1 amide bonds. The van der Waals surface area contributed by atoms with E-state index in [1.165, 1.54) is 0 Å². The first kappa shape index (κ1) is 14.6. The minimum Gasteiger partial charge on any atom is -0.477 e. The summed E-state index contributed by atoms with van der Waals surface area (Å²) in [6.07, 6.45) is 2.24. The van der Waals surface area contributed by atoms with Crippen molar-refractivity contribution in [2.24, 2.45) is 0 Å². The molecule has 1 saturated heterocycles. The zero-order valence-electron chi connectivity index (χ0n) is 12.1. The van der Waals surface area contributed by atoms with Gasteiger partial charge < -0.3 is 20.3 Å². The molecule has 6 nitrogen and oxygen atoms in total. The molecule has 1 aromatic heterocycles. The Labute approximate surface area is 118 Å². The van der Waals surface area contributed by atoms with E-state index in [0.717, 1.165) is 19.4 Å². The summed E-state index contributed by atoms with van der Waals surface area (Å²) in [5, 5.41) is 12.0. The number of H-pyrrole nitrogens is 1. The van der Waals surface area contributed by atoms with Crippen molar-refractivity contribution >= 4 is 11.9 Å². The van der Waals surface area contributed by atoms with Crippen LogP contribution in [0.1, 0.15) is 44.9 Å². The van der Waals surface area contributed by atoms with Gasteiger partial charge in [-0.05, 0) is 45.8 Å². The molecule has 0 saturated carbocycles. The highest BCUT2D eigenvalue weighted by Gasteiger charge is 2.24. The van der Waals surface area contributed by atoms with E-state index in [9.17, 15) is 9.59 Å². The molecule has 0 bridgehead atoms. The minimum absolute atomic E-state index is 0.0886. The molecule has 1 atom stereocenters. The van der Waals surface area contributed by atoms with E-state index in [4.69, 9.17) is 5.11 Å². The first-order chi connectivity index (χ1) is 9.41. The van der Waals surface area contributed by atoms with Crippen LogP contribution >= 0.6 is 0 Å². The van der Waals surface area contributed by atoms with Crippen molar-refractivity contribution in [1.82, 2.24) is 15.2 Å². The molecule has 1 aliphatic rings. The number of hydrogen-bond acceptors (Lipinski definition) is 3. The average Bonchev–Trinajstić information content (AvgIpc) is 2.90. The van der Waals surface area contributed by atoms with E-state index >= 15 is 0 Å². The molecule has 0 spiro atoms. The topological polar surface area (TPSA) is 85.4 Å². The molecule has 6 heteroatoms. The lowest BCUT2D eigenvalue weighted by atomic mass is 10.1. The van der Waals surface area contributed by atoms with Gasteiger partial charge in [0.25, 0.3) is 5.91 Å². The molecule has 0 aliphatic carbocycles. The van der Waals surface area contributed by atoms with Crippen LogP contribution in [0.5, 0.6) is 0 Å². The van der Waals surface area contributed by atoms with E-state index in [0.29, 0.717) is 29.4 Å². The maximum absolute atomic E-state index is 12.2. The predicted octanol–water partition coefficient (Wildman–Crippen LogP) is 1.15. The number of aromatic carboxylic acids is 1. The van der Waals surface area contributed by atoms with Gasteiger partial charge >= 0.3 is 5.97 Å². The van der Waals surface area contributed by atoms with Crippen molar-refractivity contribution in [3.63, 3.8) is 0 Å². The van der Waals surface area contributed by atoms with Gasteiger partial charge in [0.15, 0.2) is 0 Å². The van der Waals surface area contributed by atoms with Crippen molar-refractivity contribution in [2.45, 2.75) is 32.7 Å². The highest BCUT2D eigenvalue weighted by atomic mass is 16.4. The summed E-state index contributed by atoms with van der Waals surface area (Å²) in [6.45, 7) is 5.04. The van der Waals surface area contributed by atoms with Crippen LogP contribution in [0.25, 0.3) is 0 Å². The third-order valence-corrected chi connectivity index (χ3v) is 4.05. The number of aryl methyl sites for hydroxylation is 1. The number of amides is 1. The fourth-order valence-electron chi connectivity index (χ4n) is 2.84. The van der Waals surface area contributed by atoms with Crippen LogP contribution in [0.2, 0.25) is 0 Å². The quantitative estimate of drug-likeness (QED) is 0.772. The van der Waals surface area contributed by atoms with Crippen molar-refractivity contribution < 1.29 is 14.7 Å². The normalized spacial score (nSPS) is 19.2. The first-order valence-electron chi connectivity index (χ1n) is 6.82. The standard InChI is InChI=1S/C14H21N3O3/c1-8-11(9(2)16-12(8)14(19)20)13(18)15-7-10-5-4-6-17(10)3/h10,16H,4-7H2,1-3H3,(H,15,18)(H,19,20). The van der Waals surface area contributed by atoms with Gasteiger partial charge in [0, 0.05) is 18.3 Å². The summed E-state index contributed by atoms with van der Waals surface area (Å²) in [5.74, 6) is -1.25. The van der Waals surface area contributed by atoms with Crippen LogP contribution in [-0.2, 0) is 0 Å². The second-order valence-corrected chi connectivity index (χ2v) is 5.42. The molecule has 1 aromatic rings. The molecule has 0 aromatic carbocycles. The molecule has 3 N–H and O–H groups in total. The monoisotopic (exact) mass is 279 g/mol. The Morgan fingerprint density at radius 3 is 2.65 bits per heavy atom. The zero-order chi connectivity index (χ0) is 14.9. The number of carboxylic acid groups (broad SMARTS) is 1. The number of carbonyl (C=O) groups is 2. The van der Waals surface area contributed by atoms with Crippen LogP contribution in [0.4, 0.5) is 0 Å². The summed E-state index contributed by atoms with van der Waals surface area (Å²) in [6, 6.07) is 0.373. The lowest BCUT2D eigenvalue weighted by molar-refractivity contribution is 0.0690. The molecule has 2 rings (SSSR count). The van der Waals surface area contributed by atoms with Crippen LogP contribution in [0.15, 0.2) is 0 Å².